The van der Waals surface area contributed by atoms with Gasteiger partial charge in [-0.25, -0.2) is 0 Å². The van der Waals surface area contributed by atoms with E-state index in [-0.39, 0.29) is 17.2 Å². The highest BCUT2D eigenvalue weighted by Gasteiger charge is 2.17. The number of amides is 1. The molecule has 0 fully saturated rings. The quantitative estimate of drug-likeness (QED) is 0.304. The zero-order valence-electron chi connectivity index (χ0n) is 18.7. The largest absolute Gasteiger partial charge is 0.351 e. The van der Waals surface area contributed by atoms with E-state index in [0.717, 1.165) is 12.1 Å². The van der Waals surface area contributed by atoms with Crippen LogP contribution in [0.2, 0.25) is 0 Å². The molecule has 2 heterocycles. The van der Waals surface area contributed by atoms with E-state index in [9.17, 15) is 9.59 Å². The molecule has 0 aliphatic rings. The van der Waals surface area contributed by atoms with Crippen molar-refractivity contribution >= 4 is 34.3 Å². The molecule has 0 radical (unpaired) electrons. The summed E-state index contributed by atoms with van der Waals surface area (Å²) in [5, 5.41) is 12.5. The van der Waals surface area contributed by atoms with Crippen LogP contribution in [0.1, 0.15) is 11.1 Å². The van der Waals surface area contributed by atoms with E-state index in [1.807, 2.05) is 48.8 Å². The first kappa shape index (κ1) is 22.8. The maximum absolute atomic E-state index is 12.9. The molecule has 4 rings (SSSR count). The Bertz CT molecular complexity index is 1360. The first-order valence-electron chi connectivity index (χ1n) is 10.6. The smallest absolute Gasteiger partial charge is 0.263 e. The third kappa shape index (κ3) is 4.99. The van der Waals surface area contributed by atoms with Crippen LogP contribution in [0.5, 0.6) is 0 Å². The summed E-state index contributed by atoms with van der Waals surface area (Å²) < 4.78 is 3.36. The lowest BCUT2D eigenvalue weighted by molar-refractivity contribution is -0.118. The van der Waals surface area contributed by atoms with Crippen LogP contribution < -0.4 is 10.9 Å². The highest BCUT2D eigenvalue weighted by Crippen LogP contribution is 2.21. The van der Waals surface area contributed by atoms with E-state index < -0.39 is 0 Å². The highest BCUT2D eigenvalue weighted by atomic mass is 32.2. The van der Waals surface area contributed by atoms with Crippen molar-refractivity contribution in [3.05, 3.63) is 82.7 Å². The fourth-order valence-electron chi connectivity index (χ4n) is 3.63. The Labute approximate surface area is 195 Å². The van der Waals surface area contributed by atoms with Gasteiger partial charge in [0.2, 0.25) is 11.7 Å². The minimum atomic E-state index is -0.142. The minimum Gasteiger partial charge on any atom is -0.351 e. The predicted molar refractivity (Wildman–Crippen MR) is 131 cm³/mol. The van der Waals surface area contributed by atoms with Gasteiger partial charge in [0.15, 0.2) is 5.16 Å². The number of fused-ring (bicyclic) bond motifs is 3. The number of allylic oxidation sites excluding steroid dienone is 1. The number of para-hydroxylation sites is 1. The molecule has 0 unspecified atom stereocenters. The summed E-state index contributed by atoms with van der Waals surface area (Å²) in [7, 11) is 4.07. The van der Waals surface area contributed by atoms with E-state index >= 15 is 0 Å². The van der Waals surface area contributed by atoms with E-state index in [4.69, 9.17) is 0 Å². The molecule has 0 bridgehead atoms. The molecule has 8 nitrogen and oxygen atoms in total. The van der Waals surface area contributed by atoms with Gasteiger partial charge >= 0.3 is 0 Å². The van der Waals surface area contributed by atoms with Crippen LogP contribution in [0.25, 0.3) is 16.7 Å². The van der Waals surface area contributed by atoms with E-state index in [1.54, 1.807) is 12.1 Å². The van der Waals surface area contributed by atoms with Crippen molar-refractivity contribution < 1.29 is 4.79 Å². The van der Waals surface area contributed by atoms with E-state index in [2.05, 4.69) is 39.1 Å². The number of benzene rings is 2. The van der Waals surface area contributed by atoms with Crippen molar-refractivity contribution in [3.63, 3.8) is 0 Å². The zero-order chi connectivity index (χ0) is 23.4. The van der Waals surface area contributed by atoms with Crippen LogP contribution in [0, 0.1) is 0 Å². The molecule has 0 saturated heterocycles. The summed E-state index contributed by atoms with van der Waals surface area (Å²) in [5.41, 5.74) is 2.84. The third-order valence-electron chi connectivity index (χ3n) is 5.13. The molecule has 0 aliphatic carbocycles. The van der Waals surface area contributed by atoms with Gasteiger partial charge in [-0.05, 0) is 37.4 Å². The van der Waals surface area contributed by atoms with Gasteiger partial charge in [-0.15, -0.1) is 16.8 Å². The second-order valence-electron chi connectivity index (χ2n) is 7.96. The van der Waals surface area contributed by atoms with Crippen molar-refractivity contribution in [1.82, 2.24) is 29.4 Å². The van der Waals surface area contributed by atoms with Crippen molar-refractivity contribution in [2.45, 2.75) is 24.8 Å². The minimum absolute atomic E-state index is 0.0992. The van der Waals surface area contributed by atoms with Crippen LogP contribution in [-0.2, 0) is 24.4 Å². The molecule has 170 valence electrons. The topological polar surface area (TPSA) is 84.5 Å². The summed E-state index contributed by atoms with van der Waals surface area (Å²) >= 11 is 1.29. The van der Waals surface area contributed by atoms with Gasteiger partial charge in [-0.2, -0.15) is 0 Å². The Hall–Kier alpha value is -3.43. The third-order valence-corrected chi connectivity index (χ3v) is 6.06. The number of aromatic nitrogens is 4. The number of thioether (sulfide) groups is 1. The molecule has 1 N–H and O–H groups in total. The lowest BCUT2D eigenvalue weighted by atomic mass is 10.1. The van der Waals surface area contributed by atoms with Gasteiger partial charge in [0.25, 0.3) is 5.56 Å². The number of carbonyl (C=O) groups excluding carboxylic acids is 1. The van der Waals surface area contributed by atoms with Crippen LogP contribution in [0.4, 0.5) is 0 Å². The fourth-order valence-corrected chi connectivity index (χ4v) is 4.40. The van der Waals surface area contributed by atoms with Crippen molar-refractivity contribution in [3.8, 4) is 0 Å². The lowest BCUT2D eigenvalue weighted by Crippen LogP contribution is -2.25. The summed E-state index contributed by atoms with van der Waals surface area (Å²) in [6.07, 6.45) is 1.65. The maximum atomic E-state index is 12.9. The monoisotopic (exact) mass is 462 g/mol. The molecule has 0 spiro atoms. The first-order chi connectivity index (χ1) is 16.0. The number of hydrogen-bond donors (Lipinski definition) is 1. The van der Waals surface area contributed by atoms with Crippen LogP contribution in [-0.4, -0.2) is 49.8 Å². The normalized spacial score (nSPS) is 11.4. The average Bonchev–Trinajstić information content (AvgIpc) is 3.23. The van der Waals surface area contributed by atoms with Gasteiger partial charge in [0, 0.05) is 19.6 Å². The number of carbonyl (C=O) groups is 1. The summed E-state index contributed by atoms with van der Waals surface area (Å²) in [4.78, 5) is 27.5. The molecule has 33 heavy (non-hydrogen) atoms. The fraction of sp³-hybridized carbons (Fsp3) is 0.250. The molecule has 0 atom stereocenters. The summed E-state index contributed by atoms with van der Waals surface area (Å²) in [6.45, 7) is 5.40. The summed E-state index contributed by atoms with van der Waals surface area (Å²) in [6, 6.07) is 15.5. The highest BCUT2D eigenvalue weighted by molar-refractivity contribution is 7.99. The molecular weight excluding hydrogens is 436 g/mol. The van der Waals surface area contributed by atoms with Crippen molar-refractivity contribution in [2.75, 3.05) is 19.8 Å². The molecule has 2 aromatic carbocycles. The second kappa shape index (κ2) is 10.0. The molecular formula is C24H26N6O2S. The first-order valence-corrected chi connectivity index (χ1v) is 11.6. The van der Waals surface area contributed by atoms with E-state index in [1.165, 1.54) is 21.9 Å². The second-order valence-corrected chi connectivity index (χ2v) is 8.90. The Kier molecular flexibility index (Phi) is 6.90. The van der Waals surface area contributed by atoms with Crippen LogP contribution in [0.3, 0.4) is 0 Å². The lowest BCUT2D eigenvalue weighted by Gasteiger charge is -2.11. The van der Waals surface area contributed by atoms with Crippen LogP contribution in [0.15, 0.2) is 71.1 Å². The number of nitrogens with one attached hydrogen (secondary N) is 1. The Morgan fingerprint density at radius 3 is 2.58 bits per heavy atom. The van der Waals surface area contributed by atoms with Gasteiger partial charge < -0.3 is 10.2 Å². The molecule has 1 amide bonds. The van der Waals surface area contributed by atoms with Gasteiger partial charge in [-0.3, -0.25) is 18.6 Å². The molecule has 4 aromatic rings. The van der Waals surface area contributed by atoms with Crippen molar-refractivity contribution in [1.29, 1.82) is 0 Å². The van der Waals surface area contributed by atoms with Gasteiger partial charge in [0.1, 0.15) is 0 Å². The Balaban J connectivity index is 1.48. The van der Waals surface area contributed by atoms with E-state index in [0.29, 0.717) is 34.9 Å². The SMILES string of the molecule is C=CCn1c(=O)c2ccccc2n2c(SCC(=O)NCc3ccc(CN(C)C)cc3)nnc12. The standard InChI is InChI=1S/C24H26N6O2S/c1-4-13-29-22(32)19-7-5-6-8-20(19)30-23(29)26-27-24(30)33-16-21(31)25-14-17-9-11-18(12-10-17)15-28(2)3/h4-12H,1,13-16H2,2-3H3,(H,25,31). The average molecular weight is 463 g/mol. The van der Waals surface area contributed by atoms with Gasteiger partial charge in [-0.1, -0.05) is 54.2 Å². The van der Waals surface area contributed by atoms with Gasteiger partial charge in [0.05, 0.1) is 16.7 Å². The Morgan fingerprint density at radius 1 is 1.12 bits per heavy atom. The molecule has 2 aromatic heterocycles. The van der Waals surface area contributed by atoms with Crippen molar-refractivity contribution in [2.24, 2.45) is 0 Å². The van der Waals surface area contributed by atoms with Crippen LogP contribution >= 0.6 is 11.8 Å². The molecule has 9 heteroatoms. The number of rotatable bonds is 9. The Morgan fingerprint density at radius 2 is 1.85 bits per heavy atom. The molecule has 0 saturated carbocycles. The maximum Gasteiger partial charge on any atom is 0.263 e. The molecule has 0 aliphatic heterocycles. The number of nitrogens with zero attached hydrogens (tertiary/aromatic N) is 5. The zero-order valence-corrected chi connectivity index (χ0v) is 19.5. The summed E-state index contributed by atoms with van der Waals surface area (Å²) in [5.74, 6) is 0.520. The predicted octanol–water partition coefficient (Wildman–Crippen LogP) is 2.70. The number of hydrogen-bond acceptors (Lipinski definition) is 6.